The molecule has 0 amide bonds. The van der Waals surface area contributed by atoms with Crippen LogP contribution in [0.15, 0.2) is 62.9 Å². The first kappa shape index (κ1) is 17.6. The highest BCUT2D eigenvalue weighted by Crippen LogP contribution is 2.27. The number of ether oxygens (including phenoxy) is 1. The van der Waals surface area contributed by atoms with Crippen LogP contribution in [-0.2, 0) is 10.0 Å². The molecule has 0 radical (unpaired) electrons. The Morgan fingerprint density at radius 2 is 1.96 bits per heavy atom. The van der Waals surface area contributed by atoms with Gasteiger partial charge in [0.2, 0.25) is 0 Å². The Morgan fingerprint density at radius 3 is 2.73 bits per heavy atom. The lowest BCUT2D eigenvalue weighted by Gasteiger charge is -2.17. The summed E-state index contributed by atoms with van der Waals surface area (Å²) in [6.07, 6.45) is 1.73. The molecular formula is C18H16N4O3S. The third-order valence-electron chi connectivity index (χ3n) is 3.77. The zero-order valence-electron chi connectivity index (χ0n) is 14.0. The predicted octanol–water partition coefficient (Wildman–Crippen LogP) is 2.39. The van der Waals surface area contributed by atoms with E-state index in [-0.39, 0.29) is 23.7 Å². The van der Waals surface area contributed by atoms with Gasteiger partial charge < -0.3 is 4.74 Å². The molecule has 0 spiro atoms. The van der Waals surface area contributed by atoms with Crippen molar-refractivity contribution < 1.29 is 13.2 Å². The molecule has 26 heavy (non-hydrogen) atoms. The van der Waals surface area contributed by atoms with E-state index in [1.165, 1.54) is 11.1 Å². The van der Waals surface area contributed by atoms with Crippen LogP contribution in [0.2, 0.25) is 0 Å². The van der Waals surface area contributed by atoms with Crippen LogP contribution < -0.4 is 4.74 Å². The molecule has 0 unspecified atom stereocenters. The Labute approximate surface area is 151 Å². The number of para-hydroxylation sites is 1. The SMILES string of the molecule is COc1ccccc1/C=N/N(CCC#N)C1=NS(=O)(=O)c2ccccc21. The standard InChI is InChI=1S/C18H16N4O3S/c1-25-16-9-4-2-7-14(16)13-20-22(12-6-11-19)18-15-8-3-5-10-17(15)26(23,24)21-18/h2-5,7-10,13H,6,12H2,1H3/b20-13+. The van der Waals surface area contributed by atoms with Crippen LogP contribution in [-0.4, -0.2) is 39.1 Å². The van der Waals surface area contributed by atoms with Gasteiger partial charge in [-0.25, -0.2) is 5.01 Å². The Balaban J connectivity index is 2.00. The summed E-state index contributed by atoms with van der Waals surface area (Å²) in [6.45, 7) is 0.213. The molecule has 8 heteroatoms. The second-order valence-electron chi connectivity index (χ2n) is 5.40. The van der Waals surface area contributed by atoms with E-state index in [0.29, 0.717) is 11.3 Å². The molecular weight excluding hydrogens is 352 g/mol. The fourth-order valence-electron chi connectivity index (χ4n) is 2.55. The van der Waals surface area contributed by atoms with Crippen LogP contribution in [0, 0.1) is 11.3 Å². The van der Waals surface area contributed by atoms with Gasteiger partial charge in [-0.2, -0.15) is 18.8 Å². The lowest BCUT2D eigenvalue weighted by molar-refractivity contribution is 0.413. The number of nitrogens with zero attached hydrogens (tertiary/aromatic N) is 4. The van der Waals surface area contributed by atoms with Gasteiger partial charge in [-0.1, -0.05) is 24.3 Å². The van der Waals surface area contributed by atoms with Crippen molar-refractivity contribution in [3.8, 4) is 11.8 Å². The molecule has 132 valence electrons. The molecule has 0 saturated carbocycles. The van der Waals surface area contributed by atoms with E-state index in [1.807, 2.05) is 24.3 Å². The molecule has 0 fully saturated rings. The van der Waals surface area contributed by atoms with Crippen molar-refractivity contribution in [2.45, 2.75) is 11.3 Å². The van der Waals surface area contributed by atoms with Gasteiger partial charge in [0, 0.05) is 11.1 Å². The summed E-state index contributed by atoms with van der Waals surface area (Å²) in [5.41, 5.74) is 1.20. The zero-order chi connectivity index (χ0) is 18.6. The summed E-state index contributed by atoms with van der Waals surface area (Å²) in [5.74, 6) is 0.847. The Hall–Kier alpha value is -3.18. The quantitative estimate of drug-likeness (QED) is 0.596. The molecule has 7 nitrogen and oxygen atoms in total. The molecule has 0 bridgehead atoms. The summed E-state index contributed by atoms with van der Waals surface area (Å²) >= 11 is 0. The van der Waals surface area contributed by atoms with E-state index in [0.717, 1.165) is 5.56 Å². The number of hydrazone groups is 1. The van der Waals surface area contributed by atoms with Crippen molar-refractivity contribution >= 4 is 22.1 Å². The minimum Gasteiger partial charge on any atom is -0.496 e. The number of hydrogen-bond donors (Lipinski definition) is 0. The maximum absolute atomic E-state index is 12.3. The summed E-state index contributed by atoms with van der Waals surface area (Å²) in [4.78, 5) is 0.143. The topological polar surface area (TPSA) is 95.1 Å². The van der Waals surface area contributed by atoms with Crippen LogP contribution in [0.3, 0.4) is 0 Å². The maximum atomic E-state index is 12.3. The molecule has 2 aromatic carbocycles. The lowest BCUT2D eigenvalue weighted by Crippen LogP contribution is -2.27. The number of methoxy groups -OCH3 is 1. The number of amidine groups is 1. The first-order valence-corrected chi connectivity index (χ1v) is 9.26. The first-order valence-electron chi connectivity index (χ1n) is 7.82. The average Bonchev–Trinajstić information content (AvgIpc) is 2.93. The molecule has 0 aliphatic carbocycles. The van der Waals surface area contributed by atoms with Gasteiger partial charge in [-0.05, 0) is 24.3 Å². The van der Waals surface area contributed by atoms with E-state index < -0.39 is 10.0 Å². The van der Waals surface area contributed by atoms with Gasteiger partial charge >= 0.3 is 0 Å². The molecule has 3 rings (SSSR count). The second-order valence-corrected chi connectivity index (χ2v) is 6.98. The highest BCUT2D eigenvalue weighted by Gasteiger charge is 2.31. The van der Waals surface area contributed by atoms with Gasteiger partial charge in [0.1, 0.15) is 10.6 Å². The number of fused-ring (bicyclic) bond motifs is 1. The number of sulfonamides is 1. The minimum absolute atomic E-state index is 0.143. The van der Waals surface area contributed by atoms with Crippen LogP contribution in [0.1, 0.15) is 17.5 Å². The molecule has 1 aliphatic rings. The highest BCUT2D eigenvalue weighted by atomic mass is 32.2. The van der Waals surface area contributed by atoms with Crippen LogP contribution in [0.25, 0.3) is 0 Å². The van der Waals surface area contributed by atoms with Crippen molar-refractivity contribution in [3.05, 3.63) is 59.7 Å². The fourth-order valence-corrected chi connectivity index (χ4v) is 3.76. The lowest BCUT2D eigenvalue weighted by atomic mass is 10.2. The molecule has 0 atom stereocenters. The average molecular weight is 368 g/mol. The predicted molar refractivity (Wildman–Crippen MR) is 97.7 cm³/mol. The van der Waals surface area contributed by atoms with Gasteiger partial charge in [0.25, 0.3) is 10.0 Å². The normalized spacial score (nSPS) is 14.5. The first-order chi connectivity index (χ1) is 12.6. The van der Waals surface area contributed by atoms with E-state index in [9.17, 15) is 8.42 Å². The molecule has 1 heterocycles. The zero-order valence-corrected chi connectivity index (χ0v) is 14.8. The molecule has 2 aromatic rings. The van der Waals surface area contributed by atoms with Crippen molar-refractivity contribution in [3.63, 3.8) is 0 Å². The van der Waals surface area contributed by atoms with Crippen molar-refractivity contribution in [2.75, 3.05) is 13.7 Å². The van der Waals surface area contributed by atoms with Gasteiger partial charge in [-0.3, -0.25) is 0 Å². The van der Waals surface area contributed by atoms with Crippen LogP contribution in [0.4, 0.5) is 0 Å². The Bertz CT molecular complexity index is 1020. The largest absolute Gasteiger partial charge is 0.496 e. The number of rotatable bonds is 5. The fraction of sp³-hybridized carbons (Fsp3) is 0.167. The third-order valence-corrected chi connectivity index (χ3v) is 5.09. The Kier molecular flexibility index (Phi) is 5.00. The summed E-state index contributed by atoms with van der Waals surface area (Å²) < 4.78 is 33.7. The van der Waals surface area contributed by atoms with Gasteiger partial charge in [0.15, 0.2) is 5.84 Å². The number of benzene rings is 2. The maximum Gasteiger partial charge on any atom is 0.285 e. The van der Waals surface area contributed by atoms with E-state index in [4.69, 9.17) is 10.00 Å². The van der Waals surface area contributed by atoms with E-state index in [1.54, 1.807) is 37.6 Å². The van der Waals surface area contributed by atoms with Crippen molar-refractivity contribution in [1.82, 2.24) is 5.01 Å². The number of nitriles is 1. The summed E-state index contributed by atoms with van der Waals surface area (Å²) in [7, 11) is -2.20. The molecule has 0 N–H and O–H groups in total. The summed E-state index contributed by atoms with van der Waals surface area (Å²) in [6, 6.07) is 15.9. The van der Waals surface area contributed by atoms with Crippen LogP contribution >= 0.6 is 0 Å². The molecule has 1 aliphatic heterocycles. The molecule has 0 aromatic heterocycles. The number of hydrogen-bond acceptors (Lipinski definition) is 6. The third kappa shape index (κ3) is 3.43. The summed E-state index contributed by atoms with van der Waals surface area (Å²) in [5, 5.41) is 14.7. The van der Waals surface area contributed by atoms with Gasteiger partial charge in [-0.15, -0.1) is 4.40 Å². The molecule has 0 saturated heterocycles. The van der Waals surface area contributed by atoms with E-state index >= 15 is 0 Å². The highest BCUT2D eigenvalue weighted by molar-refractivity contribution is 7.90. The van der Waals surface area contributed by atoms with Gasteiger partial charge in [0.05, 0.1) is 32.4 Å². The monoisotopic (exact) mass is 368 g/mol. The Morgan fingerprint density at radius 1 is 1.23 bits per heavy atom. The smallest absolute Gasteiger partial charge is 0.285 e. The van der Waals surface area contributed by atoms with E-state index in [2.05, 4.69) is 9.50 Å². The van der Waals surface area contributed by atoms with Crippen molar-refractivity contribution in [1.29, 1.82) is 5.26 Å². The minimum atomic E-state index is -3.76. The second kappa shape index (κ2) is 7.37. The van der Waals surface area contributed by atoms with Crippen molar-refractivity contribution in [2.24, 2.45) is 9.50 Å². The van der Waals surface area contributed by atoms with Crippen LogP contribution in [0.5, 0.6) is 5.75 Å².